The number of carbonyl (C=O) groups excluding carboxylic acids is 2. The minimum absolute atomic E-state index is 0.300. The standard InChI is InChI=1S/C25H46N2O4/c1-22(2,3)20(24(30)13-9-7-10-14-24)26-18(28)17-19(29)27-21(23(4,5)6)25(31)15-11-8-12-16-25/h20-21,30-31H,7-17H2,1-6H3,(H,26,28)(H,27,29)/t20-,21-/m1/s1. The van der Waals surface area contributed by atoms with E-state index >= 15 is 0 Å². The summed E-state index contributed by atoms with van der Waals surface area (Å²) in [7, 11) is 0. The molecule has 2 saturated carbocycles. The Labute approximate surface area is 188 Å². The molecule has 0 spiro atoms. The summed E-state index contributed by atoms with van der Waals surface area (Å²) in [6, 6.07) is -0.830. The van der Waals surface area contributed by atoms with Gasteiger partial charge in [-0.3, -0.25) is 9.59 Å². The van der Waals surface area contributed by atoms with Crippen molar-refractivity contribution in [2.24, 2.45) is 10.8 Å². The first-order valence-corrected chi connectivity index (χ1v) is 12.2. The molecule has 6 heteroatoms. The van der Waals surface area contributed by atoms with Gasteiger partial charge in [-0.15, -0.1) is 0 Å². The van der Waals surface area contributed by atoms with E-state index in [0.29, 0.717) is 25.7 Å². The zero-order chi connectivity index (χ0) is 23.5. The van der Waals surface area contributed by atoms with E-state index in [4.69, 9.17) is 0 Å². The second-order valence-corrected chi connectivity index (χ2v) is 12.2. The molecule has 2 fully saturated rings. The van der Waals surface area contributed by atoms with Crippen LogP contribution in [0.15, 0.2) is 0 Å². The van der Waals surface area contributed by atoms with Gasteiger partial charge in [0.25, 0.3) is 0 Å². The summed E-state index contributed by atoms with van der Waals surface area (Å²) < 4.78 is 0. The molecule has 0 aromatic heterocycles. The monoisotopic (exact) mass is 438 g/mol. The van der Waals surface area contributed by atoms with Crippen LogP contribution in [0.4, 0.5) is 0 Å². The summed E-state index contributed by atoms with van der Waals surface area (Å²) in [5, 5.41) is 28.5. The topological polar surface area (TPSA) is 98.7 Å². The molecule has 31 heavy (non-hydrogen) atoms. The van der Waals surface area contributed by atoms with Gasteiger partial charge >= 0.3 is 0 Å². The van der Waals surface area contributed by atoms with Crippen molar-refractivity contribution >= 4 is 11.8 Å². The van der Waals surface area contributed by atoms with Crippen molar-refractivity contribution in [1.82, 2.24) is 10.6 Å². The SMILES string of the molecule is CC(C)(C)[C@@H](NC(=O)CC(=O)N[C@H](C(C)(C)C)C1(O)CCCCC1)C1(O)CCCCC1. The third kappa shape index (κ3) is 6.92. The van der Waals surface area contributed by atoms with E-state index in [1.807, 2.05) is 41.5 Å². The van der Waals surface area contributed by atoms with Crippen molar-refractivity contribution in [3.8, 4) is 0 Å². The molecule has 0 saturated heterocycles. The van der Waals surface area contributed by atoms with Crippen LogP contribution in [0.25, 0.3) is 0 Å². The highest BCUT2D eigenvalue weighted by Crippen LogP contribution is 2.39. The van der Waals surface area contributed by atoms with Crippen LogP contribution in [0.5, 0.6) is 0 Å². The van der Waals surface area contributed by atoms with Crippen LogP contribution in [-0.2, 0) is 9.59 Å². The highest BCUT2D eigenvalue weighted by Gasteiger charge is 2.46. The Hall–Kier alpha value is -1.14. The molecule has 0 aliphatic heterocycles. The number of carbonyl (C=O) groups is 2. The Morgan fingerprint density at radius 3 is 1.23 bits per heavy atom. The molecular weight excluding hydrogens is 392 g/mol. The predicted molar refractivity (Wildman–Crippen MR) is 123 cm³/mol. The molecule has 2 atom stereocenters. The summed E-state index contributed by atoms with van der Waals surface area (Å²) in [5.41, 5.74) is -2.53. The molecule has 0 aromatic carbocycles. The van der Waals surface area contributed by atoms with Crippen LogP contribution in [0.2, 0.25) is 0 Å². The maximum absolute atomic E-state index is 12.8. The molecule has 2 rings (SSSR count). The largest absolute Gasteiger partial charge is 0.388 e. The van der Waals surface area contributed by atoms with Gasteiger partial charge in [-0.25, -0.2) is 0 Å². The zero-order valence-corrected chi connectivity index (χ0v) is 20.6. The lowest BCUT2D eigenvalue weighted by Crippen LogP contribution is -2.61. The molecule has 0 radical (unpaired) electrons. The van der Waals surface area contributed by atoms with Gasteiger partial charge in [0, 0.05) is 0 Å². The van der Waals surface area contributed by atoms with Crippen LogP contribution in [-0.4, -0.2) is 45.3 Å². The lowest BCUT2D eigenvalue weighted by molar-refractivity contribution is -0.137. The van der Waals surface area contributed by atoms with Crippen molar-refractivity contribution in [2.45, 2.75) is 135 Å². The number of hydrogen-bond acceptors (Lipinski definition) is 4. The van der Waals surface area contributed by atoms with Gasteiger partial charge in [0.15, 0.2) is 0 Å². The van der Waals surface area contributed by atoms with Gasteiger partial charge in [-0.2, -0.15) is 0 Å². The number of aliphatic hydroxyl groups is 2. The third-order valence-corrected chi connectivity index (χ3v) is 7.18. The summed E-state index contributed by atoms with van der Waals surface area (Å²) >= 11 is 0. The van der Waals surface area contributed by atoms with E-state index in [9.17, 15) is 19.8 Å². The summed E-state index contributed by atoms with van der Waals surface area (Å²) in [4.78, 5) is 25.7. The second kappa shape index (κ2) is 9.78. The maximum atomic E-state index is 12.8. The Morgan fingerprint density at radius 2 is 0.968 bits per heavy atom. The van der Waals surface area contributed by atoms with Crippen molar-refractivity contribution in [1.29, 1.82) is 0 Å². The first-order chi connectivity index (χ1) is 14.2. The molecule has 2 amide bonds. The number of hydrogen-bond donors (Lipinski definition) is 4. The first kappa shape index (κ1) is 26.1. The van der Waals surface area contributed by atoms with Crippen LogP contribution < -0.4 is 10.6 Å². The normalized spacial score (nSPS) is 23.5. The summed E-state index contributed by atoms with van der Waals surface area (Å²) in [6.45, 7) is 12.1. The maximum Gasteiger partial charge on any atom is 0.229 e. The Morgan fingerprint density at radius 1 is 0.677 bits per heavy atom. The van der Waals surface area contributed by atoms with Crippen LogP contribution in [0, 0.1) is 10.8 Å². The minimum Gasteiger partial charge on any atom is -0.388 e. The molecule has 6 nitrogen and oxygen atoms in total. The molecule has 0 heterocycles. The highest BCUT2D eigenvalue weighted by molar-refractivity contribution is 5.97. The lowest BCUT2D eigenvalue weighted by atomic mass is 9.69. The first-order valence-electron chi connectivity index (χ1n) is 12.2. The highest BCUT2D eigenvalue weighted by atomic mass is 16.3. The van der Waals surface area contributed by atoms with Gasteiger partial charge < -0.3 is 20.8 Å². The average molecular weight is 439 g/mol. The second-order valence-electron chi connectivity index (χ2n) is 12.2. The van der Waals surface area contributed by atoms with Crippen LogP contribution in [0.1, 0.15) is 112 Å². The van der Waals surface area contributed by atoms with E-state index in [-0.39, 0.29) is 29.1 Å². The Balaban J connectivity index is 2.06. The average Bonchev–Trinajstić information content (AvgIpc) is 2.63. The molecule has 0 bridgehead atoms. The Kier molecular flexibility index (Phi) is 8.24. The van der Waals surface area contributed by atoms with E-state index in [2.05, 4.69) is 10.6 Å². The summed E-state index contributed by atoms with van der Waals surface area (Å²) in [5.74, 6) is -0.751. The predicted octanol–water partition coefficient (Wildman–Crippen LogP) is 3.83. The fourth-order valence-corrected chi connectivity index (χ4v) is 5.79. The molecule has 2 aliphatic rings. The van der Waals surface area contributed by atoms with Crippen molar-refractivity contribution < 1.29 is 19.8 Å². The summed E-state index contributed by atoms with van der Waals surface area (Å²) in [6.07, 6.45) is 8.37. The molecule has 0 unspecified atom stereocenters. The van der Waals surface area contributed by atoms with E-state index in [0.717, 1.165) is 38.5 Å². The van der Waals surface area contributed by atoms with Gasteiger partial charge in [0.05, 0.1) is 23.3 Å². The molecular formula is C25H46N2O4. The molecule has 0 aromatic rings. The van der Waals surface area contributed by atoms with Gasteiger partial charge in [-0.05, 0) is 36.5 Å². The minimum atomic E-state index is -0.937. The lowest BCUT2D eigenvalue weighted by Gasteiger charge is -2.46. The van der Waals surface area contributed by atoms with Crippen LogP contribution >= 0.6 is 0 Å². The van der Waals surface area contributed by atoms with Gasteiger partial charge in [0.2, 0.25) is 11.8 Å². The number of amides is 2. The van der Waals surface area contributed by atoms with Crippen molar-refractivity contribution in [3.63, 3.8) is 0 Å². The van der Waals surface area contributed by atoms with E-state index < -0.39 is 23.3 Å². The van der Waals surface area contributed by atoms with Gasteiger partial charge in [-0.1, -0.05) is 80.1 Å². The third-order valence-electron chi connectivity index (χ3n) is 7.18. The smallest absolute Gasteiger partial charge is 0.229 e. The van der Waals surface area contributed by atoms with Crippen molar-refractivity contribution in [2.75, 3.05) is 0 Å². The van der Waals surface area contributed by atoms with Crippen LogP contribution in [0.3, 0.4) is 0 Å². The molecule has 180 valence electrons. The Bertz CT molecular complexity index is 566. The van der Waals surface area contributed by atoms with Crippen molar-refractivity contribution in [3.05, 3.63) is 0 Å². The van der Waals surface area contributed by atoms with E-state index in [1.54, 1.807) is 0 Å². The van der Waals surface area contributed by atoms with Gasteiger partial charge in [0.1, 0.15) is 6.42 Å². The quantitative estimate of drug-likeness (QED) is 0.474. The zero-order valence-electron chi connectivity index (χ0n) is 20.6. The number of nitrogens with one attached hydrogen (secondary N) is 2. The molecule has 2 aliphatic carbocycles. The number of rotatable bonds is 6. The molecule has 4 N–H and O–H groups in total. The fourth-order valence-electron chi connectivity index (χ4n) is 5.79. The fraction of sp³-hybridized carbons (Fsp3) is 0.920. The van der Waals surface area contributed by atoms with E-state index in [1.165, 1.54) is 0 Å².